The Hall–Kier alpha value is -2.24. The van der Waals surface area contributed by atoms with Crippen LogP contribution in [-0.4, -0.2) is 179 Å². The van der Waals surface area contributed by atoms with Crippen molar-refractivity contribution in [1.29, 1.82) is 0 Å². The van der Waals surface area contributed by atoms with E-state index in [0.717, 1.165) is 45.3 Å². The van der Waals surface area contributed by atoms with Crippen molar-refractivity contribution in [2.75, 3.05) is 92.2 Å². The lowest BCUT2D eigenvalue weighted by molar-refractivity contribution is -0.109. The molecule has 52 heavy (non-hydrogen) atoms. The normalized spacial score (nSPS) is 23.8. The first-order valence-electron chi connectivity index (χ1n) is 18.5. The quantitative estimate of drug-likeness (QED) is 0.0496. The lowest BCUT2D eigenvalue weighted by Gasteiger charge is -2.32. The molecule has 19 heteroatoms. The number of piperidine rings is 2. The zero-order chi connectivity index (χ0) is 36.6. The number of aromatic nitrogens is 6. The second-order valence-electron chi connectivity index (χ2n) is 12.9. The van der Waals surface area contributed by atoms with Gasteiger partial charge in [0.15, 0.2) is 0 Å². The minimum absolute atomic E-state index is 0.200. The third-order valence-corrected chi connectivity index (χ3v) is 8.64. The highest BCUT2D eigenvalue weighted by Crippen LogP contribution is 2.12. The molecule has 2 aliphatic rings. The smallest absolute Gasteiger partial charge is 0.108 e. The molecular weight excluding hydrogens is 684 g/mol. The van der Waals surface area contributed by atoms with E-state index in [9.17, 15) is 20.4 Å². The van der Waals surface area contributed by atoms with Gasteiger partial charge in [-0.3, -0.25) is 4.68 Å². The van der Waals surface area contributed by atoms with E-state index in [1.54, 1.807) is 10.9 Å². The van der Waals surface area contributed by atoms with Gasteiger partial charge in [-0.2, -0.15) is 0 Å². The van der Waals surface area contributed by atoms with E-state index >= 15 is 0 Å². The van der Waals surface area contributed by atoms with Crippen LogP contribution in [0, 0.1) is 0 Å². The summed E-state index contributed by atoms with van der Waals surface area (Å²) in [5, 5.41) is 61.9. The van der Waals surface area contributed by atoms with Crippen molar-refractivity contribution < 1.29 is 53.6 Å². The van der Waals surface area contributed by atoms with Gasteiger partial charge in [0.05, 0.1) is 116 Å². The van der Waals surface area contributed by atoms with Gasteiger partial charge in [0.2, 0.25) is 0 Å². The Morgan fingerprint density at radius 3 is 1.46 bits per heavy atom. The predicted molar refractivity (Wildman–Crippen MR) is 184 cm³/mol. The molecule has 6 N–H and O–H groups in total. The van der Waals surface area contributed by atoms with Crippen molar-refractivity contribution >= 4 is 0 Å². The molecule has 0 aliphatic carbocycles. The molecule has 0 unspecified atom stereocenters. The number of nitrogens with one attached hydrogen (secondary N) is 2. The van der Waals surface area contributed by atoms with Crippen LogP contribution in [-0.2, 0) is 59.5 Å². The molecule has 2 fully saturated rings. The fourth-order valence-electron chi connectivity index (χ4n) is 5.60. The Morgan fingerprint density at radius 1 is 0.519 bits per heavy atom. The van der Waals surface area contributed by atoms with E-state index in [1.165, 1.54) is 0 Å². The van der Waals surface area contributed by atoms with E-state index in [2.05, 4.69) is 31.3 Å². The average molecular weight is 745 g/mol. The summed E-state index contributed by atoms with van der Waals surface area (Å²) < 4.78 is 42.7. The minimum atomic E-state index is -0.919. The molecule has 0 aromatic carbocycles. The van der Waals surface area contributed by atoms with Crippen LogP contribution in [0.1, 0.15) is 43.5 Å². The largest absolute Gasteiger partial charge is 0.389 e. The van der Waals surface area contributed by atoms with E-state index in [1.807, 2.05) is 10.9 Å². The van der Waals surface area contributed by atoms with Gasteiger partial charge in [0.1, 0.15) is 23.6 Å². The summed E-state index contributed by atoms with van der Waals surface area (Å²) >= 11 is 0. The van der Waals surface area contributed by atoms with Crippen molar-refractivity contribution in [3.8, 4) is 0 Å². The van der Waals surface area contributed by atoms with Crippen LogP contribution in [0.2, 0.25) is 0 Å². The molecule has 6 atom stereocenters. The Kier molecular flexibility index (Phi) is 21.0. The van der Waals surface area contributed by atoms with Crippen LogP contribution in [0.25, 0.3) is 0 Å². The number of hydrogen-bond acceptors (Lipinski definition) is 17. The standard InChI is InChI=1S/C33H60N8O11/c42-28-18-34-20-30(32(28)44)51-24-26-22-40(38-36-26)6-4-2-1-3-5-8-46-10-12-48-14-16-50-17-15-49-13-11-47-9-7-41-23-27(37-39-41)25-52-31-21-35-19-29(43)33(31)45/h22-23,28-35,42-45H,1-21,24-25H2/t28-,29+,30+,31-,32+,33-/m0/s1. The monoisotopic (exact) mass is 744 g/mol. The molecule has 0 bridgehead atoms. The molecule has 298 valence electrons. The van der Waals surface area contributed by atoms with Gasteiger partial charge in [0, 0.05) is 39.3 Å². The SMILES string of the molecule is O[C@@H]1[C@@H](O)CNC[C@H]1OCc1cn(CCCCCCCOCCOCCOCCOCCOCCn2cc(CO[C@H]3CNC[C@@H](O)[C@@H]3O)nn2)nn1. The zero-order valence-corrected chi connectivity index (χ0v) is 30.2. The van der Waals surface area contributed by atoms with Crippen molar-refractivity contribution in [2.24, 2.45) is 0 Å². The highest BCUT2D eigenvalue weighted by molar-refractivity contribution is 4.93. The molecule has 4 heterocycles. The van der Waals surface area contributed by atoms with Gasteiger partial charge in [-0.05, 0) is 12.8 Å². The first-order chi connectivity index (χ1) is 25.5. The Bertz CT molecular complexity index is 1090. The number of aryl methyl sites for hydroxylation is 1. The van der Waals surface area contributed by atoms with Crippen molar-refractivity contribution in [3.05, 3.63) is 23.8 Å². The molecule has 0 amide bonds. The molecule has 4 rings (SSSR count). The number of nitrogens with zero attached hydrogens (tertiary/aromatic N) is 6. The maximum absolute atomic E-state index is 10.0. The summed E-state index contributed by atoms with van der Waals surface area (Å²) in [4.78, 5) is 0. The van der Waals surface area contributed by atoms with Gasteiger partial charge in [-0.15, -0.1) is 10.2 Å². The average Bonchev–Trinajstić information content (AvgIpc) is 3.81. The second kappa shape index (κ2) is 25.7. The van der Waals surface area contributed by atoms with Gasteiger partial charge >= 0.3 is 0 Å². The summed E-state index contributed by atoms with van der Waals surface area (Å²) in [5.74, 6) is 0. The Labute approximate surface area is 305 Å². The lowest BCUT2D eigenvalue weighted by Crippen LogP contribution is -2.54. The topological polar surface area (TPSA) is 231 Å². The van der Waals surface area contributed by atoms with E-state index in [-0.39, 0.29) is 13.2 Å². The summed E-state index contributed by atoms with van der Waals surface area (Å²) in [7, 11) is 0. The second-order valence-corrected chi connectivity index (χ2v) is 12.9. The highest BCUT2D eigenvalue weighted by atomic mass is 16.6. The van der Waals surface area contributed by atoms with Crippen LogP contribution in [0.4, 0.5) is 0 Å². The van der Waals surface area contributed by atoms with Crippen LogP contribution in [0.3, 0.4) is 0 Å². The summed E-state index contributed by atoms with van der Waals surface area (Å²) in [6.07, 6.45) is 4.61. The van der Waals surface area contributed by atoms with Crippen molar-refractivity contribution in [2.45, 2.75) is 95.0 Å². The summed E-state index contributed by atoms with van der Waals surface area (Å²) in [6.45, 7) is 8.70. The minimum Gasteiger partial charge on any atom is -0.389 e. The molecule has 2 aromatic rings. The number of hydrogen-bond donors (Lipinski definition) is 6. The van der Waals surface area contributed by atoms with Crippen LogP contribution >= 0.6 is 0 Å². The molecule has 2 saturated heterocycles. The first kappa shape index (κ1) is 42.5. The number of aliphatic hydroxyl groups is 4. The number of rotatable bonds is 29. The number of unbranched alkanes of at least 4 members (excludes halogenated alkanes) is 4. The third kappa shape index (κ3) is 16.8. The Balaban J connectivity index is 0.827. The summed E-state index contributed by atoms with van der Waals surface area (Å²) in [6, 6.07) is 0. The van der Waals surface area contributed by atoms with Gasteiger partial charge in [0.25, 0.3) is 0 Å². The highest BCUT2D eigenvalue weighted by Gasteiger charge is 2.32. The van der Waals surface area contributed by atoms with Crippen LogP contribution < -0.4 is 10.6 Å². The van der Waals surface area contributed by atoms with Gasteiger partial charge < -0.3 is 64.2 Å². The van der Waals surface area contributed by atoms with Crippen molar-refractivity contribution in [3.63, 3.8) is 0 Å². The molecule has 0 radical (unpaired) electrons. The van der Waals surface area contributed by atoms with Gasteiger partial charge in [-0.1, -0.05) is 29.7 Å². The molecule has 2 aromatic heterocycles. The van der Waals surface area contributed by atoms with Gasteiger partial charge in [-0.25, -0.2) is 4.68 Å². The molecular formula is C33H60N8O11. The lowest BCUT2D eigenvalue weighted by atomic mass is 10.0. The fraction of sp³-hybridized carbons (Fsp3) is 0.879. The maximum atomic E-state index is 10.0. The molecule has 0 spiro atoms. The summed E-state index contributed by atoms with van der Waals surface area (Å²) in [5.41, 5.74) is 1.35. The van der Waals surface area contributed by atoms with Crippen molar-refractivity contribution in [1.82, 2.24) is 40.6 Å². The number of aliphatic hydroxyl groups excluding tert-OH is 4. The zero-order valence-electron chi connectivity index (χ0n) is 30.2. The molecule has 2 aliphatic heterocycles. The van der Waals surface area contributed by atoms with Crippen LogP contribution in [0.5, 0.6) is 0 Å². The number of β-amino-alcohol motifs (C(OH)–C–C–N with tert-alkyl or cyclic N) is 2. The Morgan fingerprint density at radius 2 is 0.942 bits per heavy atom. The number of ether oxygens (including phenoxy) is 7. The first-order valence-corrected chi connectivity index (χ1v) is 18.5. The third-order valence-electron chi connectivity index (χ3n) is 8.64. The maximum Gasteiger partial charge on any atom is 0.108 e. The van der Waals surface area contributed by atoms with Crippen LogP contribution in [0.15, 0.2) is 12.4 Å². The van der Waals surface area contributed by atoms with E-state index < -0.39 is 36.6 Å². The predicted octanol–water partition coefficient (Wildman–Crippen LogP) is -1.98. The van der Waals surface area contributed by atoms with E-state index in [0.29, 0.717) is 104 Å². The fourth-order valence-corrected chi connectivity index (χ4v) is 5.60. The molecule has 0 saturated carbocycles. The molecule has 19 nitrogen and oxygen atoms in total. The van der Waals surface area contributed by atoms with E-state index in [4.69, 9.17) is 33.2 Å².